The van der Waals surface area contributed by atoms with Gasteiger partial charge in [0.1, 0.15) is 23.8 Å². The SMILES string of the molecule is O=C(NCn1nnc2ccccc21)C1N(CCCO)C(=O)[C@@H]2[C@H](C(=O)Nc3ccccc3)[C@@H]3CCC12O3. The zero-order valence-electron chi connectivity index (χ0n) is 20.1. The maximum absolute atomic E-state index is 13.7. The summed E-state index contributed by atoms with van der Waals surface area (Å²) >= 11 is 0. The molecule has 4 heterocycles. The molecule has 11 heteroatoms. The molecular formula is C26H28N6O5. The van der Waals surface area contributed by atoms with Crippen LogP contribution in [0.3, 0.4) is 0 Å². The Morgan fingerprint density at radius 3 is 2.70 bits per heavy atom. The van der Waals surface area contributed by atoms with Crippen LogP contribution >= 0.6 is 0 Å². The van der Waals surface area contributed by atoms with Crippen LogP contribution in [0.5, 0.6) is 0 Å². The maximum Gasteiger partial charge on any atom is 0.247 e. The fourth-order valence-corrected chi connectivity index (χ4v) is 6.27. The first-order chi connectivity index (χ1) is 18.0. The number of nitrogens with zero attached hydrogens (tertiary/aromatic N) is 4. The van der Waals surface area contributed by atoms with E-state index < -0.39 is 29.6 Å². The molecule has 1 spiro atoms. The lowest BCUT2D eigenvalue weighted by atomic mass is 9.70. The van der Waals surface area contributed by atoms with Gasteiger partial charge in [0.25, 0.3) is 0 Å². The minimum absolute atomic E-state index is 0.0694. The molecule has 192 valence electrons. The van der Waals surface area contributed by atoms with Crippen LogP contribution < -0.4 is 10.6 Å². The van der Waals surface area contributed by atoms with Crippen molar-refractivity contribution >= 4 is 34.4 Å². The molecular weight excluding hydrogens is 476 g/mol. The number of hydrogen-bond donors (Lipinski definition) is 3. The first-order valence-electron chi connectivity index (χ1n) is 12.5. The van der Waals surface area contributed by atoms with Crippen molar-refractivity contribution < 1.29 is 24.2 Å². The van der Waals surface area contributed by atoms with E-state index in [0.29, 0.717) is 30.5 Å². The molecule has 3 amide bonds. The molecule has 3 fully saturated rings. The van der Waals surface area contributed by atoms with Gasteiger partial charge in [0.2, 0.25) is 17.7 Å². The van der Waals surface area contributed by atoms with Gasteiger partial charge in [0, 0.05) is 18.8 Å². The smallest absolute Gasteiger partial charge is 0.247 e. The number of rotatable bonds is 8. The van der Waals surface area contributed by atoms with Gasteiger partial charge in [-0.15, -0.1) is 5.10 Å². The van der Waals surface area contributed by atoms with Crippen LogP contribution in [0.1, 0.15) is 19.3 Å². The Morgan fingerprint density at radius 1 is 1.11 bits per heavy atom. The number of aliphatic hydroxyl groups excluding tert-OH is 1. The zero-order chi connectivity index (χ0) is 25.6. The largest absolute Gasteiger partial charge is 0.396 e. The van der Waals surface area contributed by atoms with E-state index >= 15 is 0 Å². The minimum Gasteiger partial charge on any atom is -0.396 e. The molecule has 0 saturated carbocycles. The highest BCUT2D eigenvalue weighted by Gasteiger charge is 2.74. The molecule has 2 aromatic carbocycles. The van der Waals surface area contributed by atoms with Crippen molar-refractivity contribution in [3.63, 3.8) is 0 Å². The number of hydrogen-bond acceptors (Lipinski definition) is 7. The van der Waals surface area contributed by atoms with Crippen LogP contribution in [0.25, 0.3) is 11.0 Å². The number of amides is 3. The summed E-state index contributed by atoms with van der Waals surface area (Å²) in [4.78, 5) is 42.3. The van der Waals surface area contributed by atoms with Crippen molar-refractivity contribution in [3.8, 4) is 0 Å². The summed E-state index contributed by atoms with van der Waals surface area (Å²) in [6, 6.07) is 15.6. The number of aliphatic hydroxyl groups is 1. The Kier molecular flexibility index (Phi) is 5.88. The number of ether oxygens (including phenoxy) is 1. The van der Waals surface area contributed by atoms with Crippen molar-refractivity contribution in [1.29, 1.82) is 0 Å². The van der Waals surface area contributed by atoms with Crippen molar-refractivity contribution in [2.75, 3.05) is 18.5 Å². The minimum atomic E-state index is -1.09. The molecule has 6 rings (SSSR count). The zero-order valence-corrected chi connectivity index (χ0v) is 20.1. The molecule has 0 aliphatic carbocycles. The molecule has 0 radical (unpaired) electrons. The third-order valence-electron chi connectivity index (χ3n) is 7.77. The number of benzene rings is 2. The van der Waals surface area contributed by atoms with Crippen LogP contribution in [0.15, 0.2) is 54.6 Å². The summed E-state index contributed by atoms with van der Waals surface area (Å²) in [6.45, 7) is 0.140. The van der Waals surface area contributed by atoms with Crippen molar-refractivity contribution in [3.05, 3.63) is 54.6 Å². The molecule has 5 atom stereocenters. The normalized spacial score (nSPS) is 28.0. The molecule has 37 heavy (non-hydrogen) atoms. The monoisotopic (exact) mass is 504 g/mol. The van der Waals surface area contributed by atoms with Crippen molar-refractivity contribution in [2.24, 2.45) is 11.8 Å². The van der Waals surface area contributed by atoms with Crippen molar-refractivity contribution in [1.82, 2.24) is 25.2 Å². The van der Waals surface area contributed by atoms with Gasteiger partial charge in [-0.05, 0) is 43.5 Å². The van der Waals surface area contributed by atoms with E-state index in [-0.39, 0.29) is 37.5 Å². The highest BCUT2D eigenvalue weighted by molar-refractivity contribution is 6.02. The second kappa shape index (κ2) is 9.24. The summed E-state index contributed by atoms with van der Waals surface area (Å²) in [6.07, 6.45) is 0.966. The summed E-state index contributed by atoms with van der Waals surface area (Å²) in [7, 11) is 0. The van der Waals surface area contributed by atoms with E-state index in [9.17, 15) is 19.5 Å². The summed E-state index contributed by atoms with van der Waals surface area (Å²) in [5, 5.41) is 23.5. The predicted octanol–water partition coefficient (Wildman–Crippen LogP) is 0.901. The van der Waals surface area contributed by atoms with Crippen LogP contribution in [-0.4, -0.2) is 73.6 Å². The van der Waals surface area contributed by atoms with Gasteiger partial charge in [0.05, 0.1) is 23.5 Å². The van der Waals surface area contributed by atoms with Gasteiger partial charge in [-0.25, -0.2) is 4.68 Å². The van der Waals surface area contributed by atoms with Crippen LogP contribution in [-0.2, 0) is 25.8 Å². The van der Waals surface area contributed by atoms with E-state index in [1.165, 1.54) is 4.90 Å². The molecule has 11 nitrogen and oxygen atoms in total. The van der Waals surface area contributed by atoms with Crippen LogP contribution in [0, 0.1) is 11.8 Å². The second-order valence-electron chi connectivity index (χ2n) is 9.80. The van der Waals surface area contributed by atoms with E-state index in [4.69, 9.17) is 4.74 Å². The number of carbonyl (C=O) groups excluding carboxylic acids is 3. The number of para-hydroxylation sites is 2. The lowest BCUT2D eigenvalue weighted by Crippen LogP contribution is -2.55. The molecule has 3 aromatic rings. The fourth-order valence-electron chi connectivity index (χ4n) is 6.27. The Morgan fingerprint density at radius 2 is 1.89 bits per heavy atom. The van der Waals surface area contributed by atoms with Crippen LogP contribution in [0.2, 0.25) is 0 Å². The van der Waals surface area contributed by atoms with Gasteiger partial charge in [-0.3, -0.25) is 14.4 Å². The topological polar surface area (TPSA) is 139 Å². The van der Waals surface area contributed by atoms with Gasteiger partial charge >= 0.3 is 0 Å². The number of fused-ring (bicyclic) bond motifs is 2. The van der Waals surface area contributed by atoms with Crippen LogP contribution in [0.4, 0.5) is 5.69 Å². The lowest BCUT2D eigenvalue weighted by molar-refractivity contribution is -0.141. The predicted molar refractivity (Wildman–Crippen MR) is 132 cm³/mol. The van der Waals surface area contributed by atoms with E-state index in [2.05, 4.69) is 20.9 Å². The first-order valence-corrected chi connectivity index (χ1v) is 12.5. The van der Waals surface area contributed by atoms with E-state index in [1.807, 2.05) is 42.5 Å². The highest BCUT2D eigenvalue weighted by atomic mass is 16.5. The van der Waals surface area contributed by atoms with Crippen molar-refractivity contribution in [2.45, 2.75) is 43.7 Å². The summed E-state index contributed by atoms with van der Waals surface area (Å²) < 4.78 is 7.98. The maximum atomic E-state index is 13.7. The number of aromatic nitrogens is 3. The fraction of sp³-hybridized carbons (Fsp3) is 0.423. The van der Waals surface area contributed by atoms with E-state index in [0.717, 1.165) is 5.52 Å². The molecule has 3 saturated heterocycles. The highest BCUT2D eigenvalue weighted by Crippen LogP contribution is 2.58. The Hall–Kier alpha value is -3.83. The second-order valence-corrected chi connectivity index (χ2v) is 9.80. The Balaban J connectivity index is 1.27. The van der Waals surface area contributed by atoms with Gasteiger partial charge in [-0.1, -0.05) is 35.5 Å². The first kappa shape index (κ1) is 23.6. The number of likely N-dealkylation sites (tertiary alicyclic amines) is 1. The third-order valence-corrected chi connectivity index (χ3v) is 7.77. The quantitative estimate of drug-likeness (QED) is 0.414. The van der Waals surface area contributed by atoms with Gasteiger partial charge in [0.15, 0.2) is 0 Å². The number of anilines is 1. The Labute approximate surface area is 212 Å². The molecule has 3 N–H and O–H groups in total. The van der Waals surface area contributed by atoms with E-state index in [1.54, 1.807) is 16.8 Å². The van der Waals surface area contributed by atoms with Gasteiger partial charge < -0.3 is 25.4 Å². The molecule has 3 aliphatic heterocycles. The molecule has 2 bridgehead atoms. The Bertz CT molecular complexity index is 1350. The average Bonchev–Trinajstić information content (AvgIpc) is 3.66. The summed E-state index contributed by atoms with van der Waals surface area (Å²) in [5.74, 6) is -2.41. The number of carbonyl (C=O) groups is 3. The standard InChI is InChI=1S/C26H28N6O5/c33-14-6-13-31-22(24(35)27-15-32-18-10-5-4-9-17(18)29-30-32)26-12-11-19(37-26)20(21(26)25(31)36)23(34)28-16-7-2-1-3-8-16/h1-5,7-10,19-22,33H,6,11-15H2,(H,27,35)(H,28,34)/t19-,20+,21-,22?,26?/m0/s1. The van der Waals surface area contributed by atoms with Gasteiger partial charge in [-0.2, -0.15) is 0 Å². The number of nitrogens with one attached hydrogen (secondary N) is 2. The third kappa shape index (κ3) is 3.77. The molecule has 3 aliphatic rings. The summed E-state index contributed by atoms with van der Waals surface area (Å²) in [5.41, 5.74) is 1.03. The molecule has 2 unspecified atom stereocenters. The lowest BCUT2D eigenvalue weighted by Gasteiger charge is -2.33. The molecule has 1 aromatic heterocycles. The average molecular weight is 505 g/mol.